The normalized spacial score (nSPS) is 13.3. The Balaban J connectivity index is 2.20. The molecule has 0 fully saturated rings. The first-order chi connectivity index (χ1) is 8.72. The summed E-state index contributed by atoms with van der Waals surface area (Å²) >= 11 is 1.85. The van der Waals surface area contributed by atoms with Gasteiger partial charge < -0.3 is 5.11 Å². The molecule has 0 aliphatic heterocycles. The number of rotatable bonds is 8. The van der Waals surface area contributed by atoms with E-state index in [1.807, 2.05) is 11.8 Å². The molecule has 1 aromatic rings. The highest BCUT2D eigenvalue weighted by atomic mass is 32.2. The lowest BCUT2D eigenvalue weighted by Crippen LogP contribution is -2.06. The fourth-order valence-corrected chi connectivity index (χ4v) is 2.59. The summed E-state index contributed by atoms with van der Waals surface area (Å²) in [5.41, 5.74) is 1.40. The Labute approximate surface area is 115 Å². The smallest absolute Gasteiger partial charge is 0.0585 e. The van der Waals surface area contributed by atoms with E-state index in [1.54, 1.807) is 0 Å². The summed E-state index contributed by atoms with van der Waals surface area (Å²) in [5.74, 6) is 1.66. The SMILES string of the molecule is CC(C)/C=C\[C@@H](CO)SCCCc1ccccc1. The molecule has 0 radical (unpaired) electrons. The summed E-state index contributed by atoms with van der Waals surface area (Å²) in [7, 11) is 0. The third-order valence-electron chi connectivity index (χ3n) is 2.68. The highest BCUT2D eigenvalue weighted by Crippen LogP contribution is 2.15. The van der Waals surface area contributed by atoms with Crippen LogP contribution >= 0.6 is 11.8 Å². The van der Waals surface area contributed by atoms with Gasteiger partial charge in [0.05, 0.1) is 6.61 Å². The highest BCUT2D eigenvalue weighted by Gasteiger charge is 2.03. The van der Waals surface area contributed by atoms with Gasteiger partial charge in [0.2, 0.25) is 0 Å². The molecule has 0 heterocycles. The minimum absolute atomic E-state index is 0.235. The average molecular weight is 264 g/mol. The maximum atomic E-state index is 9.28. The largest absolute Gasteiger partial charge is 0.395 e. The van der Waals surface area contributed by atoms with Crippen LogP contribution in [0.1, 0.15) is 25.8 Å². The van der Waals surface area contributed by atoms with E-state index in [0.29, 0.717) is 5.92 Å². The van der Waals surface area contributed by atoms with Gasteiger partial charge in [-0.2, -0.15) is 11.8 Å². The van der Waals surface area contributed by atoms with Crippen molar-refractivity contribution in [2.24, 2.45) is 5.92 Å². The zero-order valence-electron chi connectivity index (χ0n) is 11.4. The molecule has 0 aromatic heterocycles. The molecule has 0 bridgehead atoms. The zero-order chi connectivity index (χ0) is 13.2. The molecule has 1 rings (SSSR count). The van der Waals surface area contributed by atoms with Gasteiger partial charge in [0, 0.05) is 5.25 Å². The quantitative estimate of drug-likeness (QED) is 0.567. The maximum absolute atomic E-state index is 9.28. The van der Waals surface area contributed by atoms with Gasteiger partial charge in [-0.1, -0.05) is 56.3 Å². The van der Waals surface area contributed by atoms with Crippen LogP contribution in [-0.4, -0.2) is 22.7 Å². The minimum atomic E-state index is 0.235. The molecule has 1 N–H and O–H groups in total. The van der Waals surface area contributed by atoms with Crippen LogP contribution in [0, 0.1) is 5.92 Å². The first kappa shape index (κ1) is 15.3. The fourth-order valence-electron chi connectivity index (χ4n) is 1.67. The number of hydrogen-bond donors (Lipinski definition) is 1. The Kier molecular flexibility index (Phi) is 7.86. The van der Waals surface area contributed by atoms with Gasteiger partial charge in [-0.05, 0) is 30.1 Å². The summed E-state index contributed by atoms with van der Waals surface area (Å²) in [4.78, 5) is 0. The second-order valence-electron chi connectivity index (χ2n) is 4.81. The zero-order valence-corrected chi connectivity index (χ0v) is 12.2. The molecule has 18 heavy (non-hydrogen) atoms. The van der Waals surface area contributed by atoms with Crippen molar-refractivity contribution in [3.05, 3.63) is 48.0 Å². The van der Waals surface area contributed by atoms with Crippen LogP contribution in [0.2, 0.25) is 0 Å². The van der Waals surface area contributed by atoms with Crippen LogP contribution in [0.4, 0.5) is 0 Å². The second-order valence-corrected chi connectivity index (χ2v) is 6.16. The number of aliphatic hydroxyl groups is 1. The molecule has 0 unspecified atom stereocenters. The predicted molar refractivity (Wildman–Crippen MR) is 82.1 cm³/mol. The van der Waals surface area contributed by atoms with Crippen molar-refractivity contribution in [1.82, 2.24) is 0 Å². The van der Waals surface area contributed by atoms with E-state index in [-0.39, 0.29) is 11.9 Å². The lowest BCUT2D eigenvalue weighted by molar-refractivity contribution is 0.307. The Morgan fingerprint density at radius 3 is 2.50 bits per heavy atom. The van der Waals surface area contributed by atoms with Gasteiger partial charge in [0.15, 0.2) is 0 Å². The lowest BCUT2D eigenvalue weighted by Gasteiger charge is -2.09. The molecule has 0 spiro atoms. The van der Waals surface area contributed by atoms with Crippen molar-refractivity contribution in [3.63, 3.8) is 0 Å². The molecular weight excluding hydrogens is 240 g/mol. The van der Waals surface area contributed by atoms with Crippen molar-refractivity contribution in [2.45, 2.75) is 31.9 Å². The van der Waals surface area contributed by atoms with Gasteiger partial charge in [0.25, 0.3) is 0 Å². The Bertz CT molecular complexity index is 332. The number of hydrogen-bond acceptors (Lipinski definition) is 2. The first-order valence-electron chi connectivity index (χ1n) is 6.67. The van der Waals surface area contributed by atoms with E-state index < -0.39 is 0 Å². The molecule has 1 aromatic carbocycles. The highest BCUT2D eigenvalue weighted by molar-refractivity contribution is 8.00. The summed E-state index contributed by atoms with van der Waals surface area (Å²) in [6, 6.07) is 10.6. The van der Waals surface area contributed by atoms with E-state index in [9.17, 15) is 5.11 Å². The van der Waals surface area contributed by atoms with Crippen molar-refractivity contribution < 1.29 is 5.11 Å². The number of aliphatic hydroxyl groups excluding tert-OH is 1. The van der Waals surface area contributed by atoms with Crippen LogP contribution < -0.4 is 0 Å². The van der Waals surface area contributed by atoms with Crippen LogP contribution in [0.25, 0.3) is 0 Å². The molecule has 0 amide bonds. The van der Waals surface area contributed by atoms with Gasteiger partial charge >= 0.3 is 0 Å². The van der Waals surface area contributed by atoms with Crippen molar-refractivity contribution in [2.75, 3.05) is 12.4 Å². The molecular formula is C16H24OS. The predicted octanol–water partition coefficient (Wildman–Crippen LogP) is 3.93. The monoisotopic (exact) mass is 264 g/mol. The van der Waals surface area contributed by atoms with Crippen molar-refractivity contribution in [3.8, 4) is 0 Å². The molecule has 0 aliphatic carbocycles. The molecule has 0 aliphatic rings. The van der Waals surface area contributed by atoms with Crippen molar-refractivity contribution in [1.29, 1.82) is 0 Å². The standard InChI is InChI=1S/C16H24OS/c1-14(2)10-11-16(13-17)18-12-6-9-15-7-4-3-5-8-15/h3-5,7-8,10-11,14,16-17H,6,9,12-13H2,1-2H3/b11-10-/t16-/m0/s1. The third-order valence-corrected chi connectivity index (χ3v) is 3.93. The Morgan fingerprint density at radius 1 is 1.17 bits per heavy atom. The number of benzene rings is 1. The molecule has 0 saturated carbocycles. The van der Waals surface area contributed by atoms with Crippen molar-refractivity contribution >= 4 is 11.8 Å². The van der Waals surface area contributed by atoms with Crippen LogP contribution in [0.15, 0.2) is 42.5 Å². The van der Waals surface area contributed by atoms with E-state index in [4.69, 9.17) is 0 Å². The van der Waals surface area contributed by atoms with Gasteiger partial charge in [-0.15, -0.1) is 0 Å². The molecule has 1 nitrogen and oxygen atoms in total. The lowest BCUT2D eigenvalue weighted by atomic mass is 10.1. The summed E-state index contributed by atoms with van der Waals surface area (Å²) in [6.45, 7) is 4.55. The molecule has 1 atom stereocenters. The first-order valence-corrected chi connectivity index (χ1v) is 7.72. The van der Waals surface area contributed by atoms with E-state index in [1.165, 1.54) is 12.0 Å². The van der Waals surface area contributed by atoms with E-state index in [0.717, 1.165) is 12.2 Å². The average Bonchev–Trinajstić information content (AvgIpc) is 2.39. The number of thioether (sulfide) groups is 1. The molecule has 100 valence electrons. The van der Waals surface area contributed by atoms with E-state index in [2.05, 4.69) is 56.3 Å². The van der Waals surface area contributed by atoms with E-state index >= 15 is 0 Å². The van der Waals surface area contributed by atoms with Crippen LogP contribution in [0.3, 0.4) is 0 Å². The number of aryl methyl sites for hydroxylation is 1. The Morgan fingerprint density at radius 2 is 1.89 bits per heavy atom. The summed E-state index contributed by atoms with van der Waals surface area (Å²) in [6.07, 6.45) is 6.60. The van der Waals surface area contributed by atoms with Crippen LogP contribution in [-0.2, 0) is 6.42 Å². The number of allylic oxidation sites excluding steroid dienone is 1. The summed E-state index contributed by atoms with van der Waals surface area (Å²) in [5, 5.41) is 9.54. The molecule has 0 saturated heterocycles. The fraction of sp³-hybridized carbons (Fsp3) is 0.500. The third kappa shape index (κ3) is 6.87. The summed E-state index contributed by atoms with van der Waals surface area (Å²) < 4.78 is 0. The minimum Gasteiger partial charge on any atom is -0.395 e. The van der Waals surface area contributed by atoms with Gasteiger partial charge in [-0.25, -0.2) is 0 Å². The van der Waals surface area contributed by atoms with Gasteiger partial charge in [0.1, 0.15) is 0 Å². The maximum Gasteiger partial charge on any atom is 0.0585 e. The Hall–Kier alpha value is -0.730. The van der Waals surface area contributed by atoms with Gasteiger partial charge in [-0.3, -0.25) is 0 Å². The van der Waals surface area contributed by atoms with Crippen LogP contribution in [0.5, 0.6) is 0 Å². The second kappa shape index (κ2) is 9.23. The topological polar surface area (TPSA) is 20.2 Å². The molecule has 2 heteroatoms.